The second-order valence-corrected chi connectivity index (χ2v) is 2.77. The molecule has 0 aliphatic heterocycles. The molecule has 0 heterocycles. The van der Waals surface area contributed by atoms with E-state index in [1.165, 1.54) is 0 Å². The highest BCUT2D eigenvalue weighted by Crippen LogP contribution is 2.04. The normalized spacial score (nSPS) is 8.57. The predicted molar refractivity (Wildman–Crippen MR) is 54.3 cm³/mol. The number of nitrogens with zero attached hydrogens (tertiary/aromatic N) is 1. The van der Waals surface area contributed by atoms with Gasteiger partial charge in [0.1, 0.15) is 0 Å². The van der Waals surface area contributed by atoms with Crippen molar-refractivity contribution in [3.05, 3.63) is 35.4 Å². The summed E-state index contributed by atoms with van der Waals surface area (Å²) in [6, 6.07) is 9.78. The summed E-state index contributed by atoms with van der Waals surface area (Å²) in [6.45, 7) is 0.617. The van der Waals surface area contributed by atoms with Gasteiger partial charge in [-0.25, -0.2) is 0 Å². The number of hydrogen-bond donors (Lipinski definition) is 0. The maximum atomic E-state index is 8.29. The first-order valence-corrected chi connectivity index (χ1v) is 4.30. The fourth-order valence-electron chi connectivity index (χ4n) is 1.04. The fraction of sp³-hybridized carbons (Fsp3) is 0.250. The van der Waals surface area contributed by atoms with E-state index in [4.69, 9.17) is 10.00 Å². The highest BCUT2D eigenvalue weighted by atomic mass is 16.5. The van der Waals surface area contributed by atoms with Gasteiger partial charge in [-0.3, -0.25) is 0 Å². The molecule has 1 aromatic carbocycles. The fourth-order valence-corrected chi connectivity index (χ4v) is 1.04. The Bertz CT molecular complexity index is 376. The minimum absolute atomic E-state index is 0.278. The number of methoxy groups -OCH3 is 1. The Kier molecular flexibility index (Phi) is 4.27. The van der Waals surface area contributed by atoms with Crippen LogP contribution < -0.4 is 0 Å². The van der Waals surface area contributed by atoms with E-state index < -0.39 is 0 Å². The number of ether oxygens (including phenoxy) is 1. The monoisotopic (exact) mass is 185 g/mol. The van der Waals surface area contributed by atoms with Crippen LogP contribution in [0.3, 0.4) is 0 Å². The molecule has 0 fully saturated rings. The minimum Gasteiger partial charge on any atom is -0.380 e. The van der Waals surface area contributed by atoms with Crippen LogP contribution in [0.2, 0.25) is 0 Å². The summed E-state index contributed by atoms with van der Waals surface area (Å²) < 4.78 is 4.99. The summed E-state index contributed by atoms with van der Waals surface area (Å²) in [4.78, 5) is 0. The third-order valence-corrected chi connectivity index (χ3v) is 1.67. The van der Waals surface area contributed by atoms with E-state index in [0.29, 0.717) is 6.61 Å². The summed E-state index contributed by atoms with van der Waals surface area (Å²) in [7, 11) is 1.67. The predicted octanol–water partition coefficient (Wildman–Crippen LogP) is 2.10. The smallest absolute Gasteiger partial charge is 0.0966 e. The molecule has 0 N–H and O–H groups in total. The van der Waals surface area contributed by atoms with Gasteiger partial charge < -0.3 is 4.74 Å². The SMILES string of the molecule is COCc1ccc(C#CCC#N)cc1. The number of rotatable bonds is 2. The first kappa shape index (κ1) is 10.3. The maximum Gasteiger partial charge on any atom is 0.0966 e. The van der Waals surface area contributed by atoms with Crippen molar-refractivity contribution in [1.29, 1.82) is 5.26 Å². The van der Waals surface area contributed by atoms with Crippen LogP contribution in [0, 0.1) is 23.2 Å². The average Bonchev–Trinajstić information content (AvgIpc) is 2.21. The molecule has 0 aromatic heterocycles. The molecule has 14 heavy (non-hydrogen) atoms. The molecule has 1 aromatic rings. The summed E-state index contributed by atoms with van der Waals surface area (Å²) in [5.41, 5.74) is 2.05. The molecular weight excluding hydrogens is 174 g/mol. The largest absolute Gasteiger partial charge is 0.380 e. The van der Waals surface area contributed by atoms with Gasteiger partial charge in [0.25, 0.3) is 0 Å². The first-order chi connectivity index (χ1) is 6.86. The van der Waals surface area contributed by atoms with Crippen molar-refractivity contribution < 1.29 is 4.74 Å². The summed E-state index contributed by atoms with van der Waals surface area (Å²) in [6.07, 6.45) is 0.278. The Labute approximate surface area is 84.1 Å². The molecule has 0 spiro atoms. The highest BCUT2D eigenvalue weighted by molar-refractivity contribution is 5.36. The summed E-state index contributed by atoms with van der Waals surface area (Å²) in [5, 5.41) is 8.29. The maximum absolute atomic E-state index is 8.29. The van der Waals surface area contributed by atoms with E-state index >= 15 is 0 Å². The lowest BCUT2D eigenvalue weighted by Crippen LogP contribution is -1.86. The molecule has 0 saturated carbocycles. The van der Waals surface area contributed by atoms with Gasteiger partial charge in [0.15, 0.2) is 0 Å². The summed E-state index contributed by atoms with van der Waals surface area (Å²) >= 11 is 0. The lowest BCUT2D eigenvalue weighted by Gasteiger charge is -1.98. The Morgan fingerprint density at radius 2 is 2.00 bits per heavy atom. The van der Waals surface area contributed by atoms with E-state index in [0.717, 1.165) is 11.1 Å². The van der Waals surface area contributed by atoms with E-state index in [1.54, 1.807) is 7.11 Å². The zero-order valence-electron chi connectivity index (χ0n) is 8.08. The van der Waals surface area contributed by atoms with Crippen molar-refractivity contribution in [2.75, 3.05) is 7.11 Å². The molecule has 0 saturated heterocycles. The number of benzene rings is 1. The quantitative estimate of drug-likeness (QED) is 0.661. The van der Waals surface area contributed by atoms with Crippen LogP contribution in [-0.2, 0) is 11.3 Å². The van der Waals surface area contributed by atoms with E-state index in [1.807, 2.05) is 30.3 Å². The Morgan fingerprint density at radius 3 is 2.57 bits per heavy atom. The zero-order valence-corrected chi connectivity index (χ0v) is 8.08. The lowest BCUT2D eigenvalue weighted by molar-refractivity contribution is 0.185. The molecule has 2 nitrogen and oxygen atoms in total. The van der Waals surface area contributed by atoms with Crippen LogP contribution in [0.25, 0.3) is 0 Å². The van der Waals surface area contributed by atoms with Crippen molar-refractivity contribution in [1.82, 2.24) is 0 Å². The molecule has 2 heteroatoms. The molecule has 0 unspecified atom stereocenters. The zero-order chi connectivity index (χ0) is 10.2. The van der Waals surface area contributed by atoms with Crippen LogP contribution in [-0.4, -0.2) is 7.11 Å². The van der Waals surface area contributed by atoms with Gasteiger partial charge in [0.05, 0.1) is 19.1 Å². The van der Waals surface area contributed by atoms with Crippen LogP contribution in [0.1, 0.15) is 17.5 Å². The van der Waals surface area contributed by atoms with Gasteiger partial charge in [0, 0.05) is 12.7 Å². The Balaban J connectivity index is 2.66. The molecule has 0 aliphatic rings. The summed E-state index contributed by atoms with van der Waals surface area (Å²) in [5.74, 6) is 5.66. The molecule has 0 bridgehead atoms. The van der Waals surface area contributed by atoms with Crippen molar-refractivity contribution in [2.24, 2.45) is 0 Å². The van der Waals surface area contributed by atoms with Crippen LogP contribution >= 0.6 is 0 Å². The van der Waals surface area contributed by atoms with E-state index in [-0.39, 0.29) is 6.42 Å². The Morgan fingerprint density at radius 1 is 1.29 bits per heavy atom. The number of hydrogen-bond acceptors (Lipinski definition) is 2. The third kappa shape index (κ3) is 3.31. The van der Waals surface area contributed by atoms with Crippen molar-refractivity contribution in [3.8, 4) is 17.9 Å². The molecule has 0 aliphatic carbocycles. The number of nitriles is 1. The molecule has 0 amide bonds. The molecule has 1 rings (SSSR count). The van der Waals surface area contributed by atoms with E-state index in [9.17, 15) is 0 Å². The van der Waals surface area contributed by atoms with Gasteiger partial charge in [0.2, 0.25) is 0 Å². The van der Waals surface area contributed by atoms with Gasteiger partial charge >= 0.3 is 0 Å². The van der Waals surface area contributed by atoms with Crippen LogP contribution in [0.15, 0.2) is 24.3 Å². The Hall–Kier alpha value is -1.77. The van der Waals surface area contributed by atoms with Gasteiger partial charge in [-0.1, -0.05) is 24.0 Å². The van der Waals surface area contributed by atoms with Gasteiger partial charge in [-0.05, 0) is 17.7 Å². The first-order valence-electron chi connectivity index (χ1n) is 4.30. The topological polar surface area (TPSA) is 33.0 Å². The van der Waals surface area contributed by atoms with Gasteiger partial charge in [-0.15, -0.1) is 0 Å². The highest BCUT2D eigenvalue weighted by Gasteiger charge is 1.90. The van der Waals surface area contributed by atoms with Gasteiger partial charge in [-0.2, -0.15) is 5.26 Å². The molecule has 0 atom stereocenters. The van der Waals surface area contributed by atoms with Crippen molar-refractivity contribution in [2.45, 2.75) is 13.0 Å². The lowest BCUT2D eigenvalue weighted by atomic mass is 10.1. The molecular formula is C12H11NO. The molecule has 0 radical (unpaired) electrons. The van der Waals surface area contributed by atoms with Crippen LogP contribution in [0.5, 0.6) is 0 Å². The van der Waals surface area contributed by atoms with Crippen LogP contribution in [0.4, 0.5) is 0 Å². The second kappa shape index (κ2) is 5.80. The minimum atomic E-state index is 0.278. The van der Waals surface area contributed by atoms with Crippen molar-refractivity contribution in [3.63, 3.8) is 0 Å². The third-order valence-electron chi connectivity index (χ3n) is 1.67. The van der Waals surface area contributed by atoms with E-state index in [2.05, 4.69) is 11.8 Å². The average molecular weight is 185 g/mol. The molecule has 70 valence electrons. The second-order valence-electron chi connectivity index (χ2n) is 2.77. The van der Waals surface area contributed by atoms with Crippen molar-refractivity contribution >= 4 is 0 Å². The standard InChI is InChI=1S/C12H11NO/c1-14-10-12-7-5-11(6-8-12)4-2-3-9-13/h5-8H,3,10H2,1H3.